The molecule has 0 bridgehead atoms. The summed E-state index contributed by atoms with van der Waals surface area (Å²) >= 11 is 0. The Labute approximate surface area is 247 Å². The number of nitrogens with one attached hydrogen (secondary N) is 2. The van der Waals surface area contributed by atoms with E-state index in [9.17, 15) is 14.1 Å². The lowest BCUT2D eigenvalue weighted by atomic mass is 9.97. The number of amides is 1. The molecule has 2 fully saturated rings. The minimum Gasteiger partial charge on any atom is -0.493 e. The third-order valence-electron chi connectivity index (χ3n) is 8.68. The van der Waals surface area contributed by atoms with E-state index in [-0.39, 0.29) is 18.4 Å². The molecule has 230 valence electrons. The second kappa shape index (κ2) is 13.7. The van der Waals surface area contributed by atoms with Gasteiger partial charge in [-0.25, -0.2) is 4.31 Å². The van der Waals surface area contributed by atoms with Crippen LogP contribution in [0.3, 0.4) is 0 Å². The summed E-state index contributed by atoms with van der Waals surface area (Å²) in [6.07, 6.45) is 3.34. The van der Waals surface area contributed by atoms with Crippen LogP contribution >= 0.6 is 0 Å². The topological polar surface area (TPSA) is 94.1 Å². The van der Waals surface area contributed by atoms with Crippen molar-refractivity contribution < 1.29 is 18.8 Å². The van der Waals surface area contributed by atoms with Crippen molar-refractivity contribution >= 4 is 20.9 Å². The third kappa shape index (κ3) is 7.13. The Morgan fingerprint density at radius 3 is 2.46 bits per heavy atom. The van der Waals surface area contributed by atoms with Gasteiger partial charge in [0.05, 0.1) is 6.61 Å². The van der Waals surface area contributed by atoms with Gasteiger partial charge in [0.15, 0.2) is 0 Å². The van der Waals surface area contributed by atoms with Crippen molar-refractivity contribution in [1.29, 1.82) is 0 Å². The molecule has 8 nitrogen and oxygen atoms in total. The first-order chi connectivity index (χ1) is 19.4. The van der Waals surface area contributed by atoms with E-state index in [0.29, 0.717) is 46.9 Å². The normalized spacial score (nSPS) is 20.1. The Morgan fingerprint density at radius 1 is 1.22 bits per heavy atom. The molecule has 2 heterocycles. The van der Waals surface area contributed by atoms with Crippen LogP contribution < -0.4 is 15.4 Å². The standard InChI is InChI=1S/C32H52N4O4S/c1-9-13-24(5)33-31(25(6)23(4)10-2)32(38)34-26(7)29-20-28(14-15-30(29)40-11-3)41(39,18-19-41)36-21-27(22-36)35(8)16-12-17-37/h14-15,20,23,27,33,37H,5,7,9-13,16-19,21-22H2,1-4,6,8H3,(H,34,38)/b31-25-. The number of aliphatic hydroxyl groups is 1. The third-order valence-corrected chi connectivity index (χ3v) is 13.0. The van der Waals surface area contributed by atoms with Crippen molar-refractivity contribution in [2.24, 2.45) is 5.92 Å². The van der Waals surface area contributed by atoms with Gasteiger partial charge in [0.2, 0.25) is 0 Å². The molecule has 1 aromatic rings. The maximum atomic E-state index is 14.7. The molecule has 2 aliphatic rings. The molecule has 2 saturated heterocycles. The molecule has 9 heteroatoms. The van der Waals surface area contributed by atoms with Crippen LogP contribution in [-0.2, 0) is 14.0 Å². The average Bonchev–Trinajstić information content (AvgIpc) is 3.63. The number of likely N-dealkylation sites (N-methyl/N-ethyl adjacent to an activating group) is 1. The fraction of sp³-hybridized carbons (Fsp3) is 0.594. The molecule has 0 saturated carbocycles. The van der Waals surface area contributed by atoms with E-state index in [1.54, 1.807) is 0 Å². The second-order valence-corrected chi connectivity index (χ2v) is 15.8. The second-order valence-electron chi connectivity index (χ2n) is 11.6. The van der Waals surface area contributed by atoms with E-state index in [1.807, 2.05) is 32.0 Å². The molecular formula is C32H52N4O4S. The molecule has 0 radical (unpaired) electrons. The zero-order valence-electron chi connectivity index (χ0n) is 26.1. The highest BCUT2D eigenvalue weighted by atomic mass is 32.3. The largest absolute Gasteiger partial charge is 0.493 e. The van der Waals surface area contributed by atoms with E-state index in [4.69, 9.17) is 4.74 Å². The van der Waals surface area contributed by atoms with Gasteiger partial charge in [0.1, 0.15) is 11.4 Å². The monoisotopic (exact) mass is 588 g/mol. The molecule has 1 aromatic carbocycles. The number of hydrogen-bond donors (Lipinski definition) is 3. The predicted molar refractivity (Wildman–Crippen MR) is 170 cm³/mol. The smallest absolute Gasteiger partial charge is 0.272 e. The molecule has 0 spiro atoms. The van der Waals surface area contributed by atoms with E-state index >= 15 is 0 Å². The molecule has 1 unspecified atom stereocenters. The Hall–Kier alpha value is -2.46. The molecule has 1 atom stereocenters. The summed E-state index contributed by atoms with van der Waals surface area (Å²) in [5, 5.41) is 15.4. The quantitative estimate of drug-likeness (QED) is 0.183. The van der Waals surface area contributed by atoms with Crippen LogP contribution in [0.15, 0.2) is 53.2 Å². The van der Waals surface area contributed by atoms with Crippen molar-refractivity contribution in [3.05, 3.63) is 53.9 Å². The number of aliphatic hydroxyl groups excluding tert-OH is 1. The summed E-state index contributed by atoms with van der Waals surface area (Å²) in [6, 6.07) is 6.02. The van der Waals surface area contributed by atoms with Gasteiger partial charge in [0.25, 0.3) is 5.91 Å². The average molecular weight is 589 g/mol. The molecule has 3 rings (SSSR count). The number of nitrogens with zero attached hydrogens (tertiary/aromatic N) is 2. The summed E-state index contributed by atoms with van der Waals surface area (Å²) < 4.78 is 22.8. The maximum Gasteiger partial charge on any atom is 0.272 e. The van der Waals surface area contributed by atoms with E-state index in [2.05, 4.69) is 60.8 Å². The van der Waals surface area contributed by atoms with Crippen molar-refractivity contribution in [2.75, 3.05) is 51.4 Å². The van der Waals surface area contributed by atoms with Gasteiger partial charge in [-0.2, -0.15) is 0 Å². The molecule has 0 aromatic heterocycles. The van der Waals surface area contributed by atoms with Crippen LogP contribution in [0, 0.1) is 5.92 Å². The van der Waals surface area contributed by atoms with Gasteiger partial charge < -0.3 is 25.4 Å². The number of ether oxygens (including phenoxy) is 1. The first-order valence-corrected chi connectivity index (χ1v) is 17.3. The van der Waals surface area contributed by atoms with Crippen molar-refractivity contribution in [3.63, 3.8) is 0 Å². The lowest BCUT2D eigenvalue weighted by molar-refractivity contribution is -0.116. The Balaban J connectivity index is 1.87. The highest BCUT2D eigenvalue weighted by Gasteiger charge is 2.60. The molecular weight excluding hydrogens is 536 g/mol. The first-order valence-electron chi connectivity index (χ1n) is 15.1. The summed E-state index contributed by atoms with van der Waals surface area (Å²) in [4.78, 5) is 16.7. The number of hydrogen-bond acceptors (Lipinski definition) is 6. The number of benzene rings is 1. The highest BCUT2D eigenvalue weighted by molar-refractivity contribution is 8.24. The summed E-state index contributed by atoms with van der Waals surface area (Å²) in [5.74, 6) is 1.82. The summed E-state index contributed by atoms with van der Waals surface area (Å²) in [6.45, 7) is 21.4. The number of carbonyl (C=O) groups excluding carboxylic acids is 1. The van der Waals surface area contributed by atoms with Crippen LogP contribution in [-0.4, -0.2) is 81.9 Å². The number of rotatable bonds is 17. The summed E-state index contributed by atoms with van der Waals surface area (Å²) in [7, 11) is -1.09. The van der Waals surface area contributed by atoms with Crippen LogP contribution in [0.4, 0.5) is 0 Å². The van der Waals surface area contributed by atoms with E-state index in [1.165, 1.54) is 0 Å². The van der Waals surface area contributed by atoms with E-state index < -0.39 is 9.25 Å². The fourth-order valence-corrected chi connectivity index (χ4v) is 9.30. The van der Waals surface area contributed by atoms with Gasteiger partial charge in [-0.15, -0.1) is 0 Å². The Bertz CT molecular complexity index is 1230. The molecule has 41 heavy (non-hydrogen) atoms. The minimum atomic E-state index is -3.15. The zero-order valence-corrected chi connectivity index (χ0v) is 26.9. The fourth-order valence-electron chi connectivity index (χ4n) is 5.31. The predicted octanol–water partition coefficient (Wildman–Crippen LogP) is 4.50. The van der Waals surface area contributed by atoms with Crippen LogP contribution in [0.5, 0.6) is 5.75 Å². The molecule has 2 aliphatic heterocycles. The van der Waals surface area contributed by atoms with Crippen molar-refractivity contribution in [1.82, 2.24) is 19.8 Å². The van der Waals surface area contributed by atoms with Gasteiger partial charge in [0, 0.05) is 65.6 Å². The first kappa shape index (κ1) is 33.0. The SMILES string of the molecule is C=C(CCC)N/C(C(=O)NC(=C)c1cc(S2(=O)(N3CC(N(C)CCCO)C3)CC2)ccc1OCC)=C(/C)C(C)CC. The van der Waals surface area contributed by atoms with Gasteiger partial charge in [-0.3, -0.25) is 9.00 Å². The lowest BCUT2D eigenvalue weighted by Gasteiger charge is -2.51. The van der Waals surface area contributed by atoms with Gasteiger partial charge in [-0.05, 0) is 79.1 Å². The van der Waals surface area contributed by atoms with Crippen LogP contribution in [0.2, 0.25) is 0 Å². The Kier molecular flexibility index (Phi) is 11.0. The van der Waals surface area contributed by atoms with Crippen LogP contribution in [0.1, 0.15) is 65.9 Å². The van der Waals surface area contributed by atoms with Gasteiger partial charge in [-0.1, -0.05) is 40.3 Å². The lowest BCUT2D eigenvalue weighted by Crippen LogP contribution is -2.63. The molecule has 3 N–H and O–H groups in total. The zero-order chi connectivity index (χ0) is 30.4. The Morgan fingerprint density at radius 2 is 1.90 bits per heavy atom. The highest BCUT2D eigenvalue weighted by Crippen LogP contribution is 2.54. The maximum absolute atomic E-state index is 14.7. The van der Waals surface area contributed by atoms with Crippen LogP contribution in [0.25, 0.3) is 5.70 Å². The number of allylic oxidation sites excluding steroid dienone is 2. The van der Waals surface area contributed by atoms with E-state index in [0.717, 1.165) is 61.5 Å². The summed E-state index contributed by atoms with van der Waals surface area (Å²) in [5.41, 5.74) is 3.31. The van der Waals surface area contributed by atoms with Gasteiger partial charge >= 0.3 is 0 Å². The molecule has 1 amide bonds. The minimum absolute atomic E-state index is 0.174. The van der Waals surface area contributed by atoms with Crippen molar-refractivity contribution in [2.45, 2.75) is 71.2 Å². The van der Waals surface area contributed by atoms with Crippen molar-refractivity contribution in [3.8, 4) is 5.75 Å². The number of carbonyl (C=O) groups is 1. The molecule has 0 aliphatic carbocycles.